The van der Waals surface area contributed by atoms with Crippen LogP contribution in [0.2, 0.25) is 0 Å². The fraction of sp³-hybridized carbons (Fsp3) is 0.533. The first kappa shape index (κ1) is 27.9. The van der Waals surface area contributed by atoms with E-state index < -0.39 is 0 Å². The van der Waals surface area contributed by atoms with Crippen molar-refractivity contribution in [3.05, 3.63) is 71.8 Å². The molecule has 1 saturated heterocycles. The minimum atomic E-state index is -0.239. The summed E-state index contributed by atoms with van der Waals surface area (Å²) < 4.78 is 23.6. The smallest absolute Gasteiger partial charge is 0.308 e. The molecule has 0 spiro atoms. The van der Waals surface area contributed by atoms with E-state index in [0.29, 0.717) is 38.9 Å². The molecule has 0 saturated carbocycles. The van der Waals surface area contributed by atoms with Gasteiger partial charge in [-0.05, 0) is 63.5 Å². The average Bonchev–Trinajstić information content (AvgIpc) is 2.86. The number of carbonyl (C=O) groups is 2. The number of hydrogen-bond acceptors (Lipinski definition) is 6. The van der Waals surface area contributed by atoms with Crippen LogP contribution >= 0.6 is 0 Å². The zero-order valence-corrected chi connectivity index (χ0v) is 21.6. The second-order valence-corrected chi connectivity index (χ2v) is 9.71. The molecular formula is C30H40O6. The van der Waals surface area contributed by atoms with E-state index in [1.807, 2.05) is 74.5 Å². The molecule has 1 aliphatic heterocycles. The van der Waals surface area contributed by atoms with Crippen molar-refractivity contribution in [1.82, 2.24) is 0 Å². The average molecular weight is 497 g/mol. The molecule has 3 rings (SSSR count). The fourth-order valence-electron chi connectivity index (χ4n) is 4.37. The first-order valence-corrected chi connectivity index (χ1v) is 13.2. The number of rotatable bonds is 6. The maximum absolute atomic E-state index is 12.6. The second kappa shape index (κ2) is 15.4. The van der Waals surface area contributed by atoms with Crippen LogP contribution in [0.3, 0.4) is 0 Å². The van der Waals surface area contributed by atoms with Gasteiger partial charge in [0.2, 0.25) is 0 Å². The number of carbonyl (C=O) groups excluding carboxylic acids is 2. The molecule has 0 aliphatic carbocycles. The molecule has 196 valence electrons. The quantitative estimate of drug-likeness (QED) is 0.447. The van der Waals surface area contributed by atoms with Crippen molar-refractivity contribution in [3.8, 4) is 0 Å². The topological polar surface area (TPSA) is 71.1 Å². The van der Waals surface area contributed by atoms with Crippen LogP contribution in [0.25, 0.3) is 0 Å². The fourth-order valence-corrected chi connectivity index (χ4v) is 4.37. The molecule has 1 heterocycles. The van der Waals surface area contributed by atoms with Crippen LogP contribution in [0.1, 0.15) is 76.3 Å². The summed E-state index contributed by atoms with van der Waals surface area (Å²) in [6.45, 7) is 4.72. The van der Waals surface area contributed by atoms with Gasteiger partial charge < -0.3 is 18.9 Å². The molecule has 4 atom stereocenters. The van der Waals surface area contributed by atoms with Crippen molar-refractivity contribution in [2.24, 2.45) is 0 Å². The minimum Gasteiger partial charge on any atom is -0.463 e. The molecule has 36 heavy (non-hydrogen) atoms. The van der Waals surface area contributed by atoms with Gasteiger partial charge in [-0.15, -0.1) is 0 Å². The zero-order valence-electron chi connectivity index (χ0n) is 21.6. The molecule has 0 unspecified atom stereocenters. The zero-order chi connectivity index (χ0) is 25.6. The van der Waals surface area contributed by atoms with E-state index in [4.69, 9.17) is 18.9 Å². The van der Waals surface area contributed by atoms with Gasteiger partial charge in [0, 0.05) is 0 Å². The maximum atomic E-state index is 12.6. The third-order valence-electron chi connectivity index (χ3n) is 6.38. The number of cyclic esters (lactones) is 2. The van der Waals surface area contributed by atoms with Crippen molar-refractivity contribution in [3.63, 3.8) is 0 Å². The predicted molar refractivity (Wildman–Crippen MR) is 138 cm³/mol. The van der Waals surface area contributed by atoms with E-state index >= 15 is 0 Å². The van der Waals surface area contributed by atoms with Crippen LogP contribution in [-0.4, -0.2) is 36.4 Å². The molecule has 0 amide bonds. The van der Waals surface area contributed by atoms with Crippen molar-refractivity contribution in [1.29, 1.82) is 0 Å². The number of ether oxygens (including phenoxy) is 4. The molecule has 6 nitrogen and oxygen atoms in total. The molecule has 2 aromatic rings. The van der Waals surface area contributed by atoms with Gasteiger partial charge in [0.1, 0.15) is 0 Å². The Morgan fingerprint density at radius 3 is 1.42 bits per heavy atom. The first-order valence-electron chi connectivity index (χ1n) is 13.2. The highest BCUT2D eigenvalue weighted by atomic mass is 16.6. The molecule has 0 radical (unpaired) electrons. The summed E-state index contributed by atoms with van der Waals surface area (Å²) in [6, 6.07) is 19.9. The van der Waals surface area contributed by atoms with Crippen LogP contribution in [-0.2, 0) is 41.8 Å². The molecular weight excluding hydrogens is 456 g/mol. The highest BCUT2D eigenvalue weighted by Gasteiger charge is 2.22. The van der Waals surface area contributed by atoms with E-state index in [1.54, 1.807) is 0 Å². The van der Waals surface area contributed by atoms with E-state index in [9.17, 15) is 9.59 Å². The van der Waals surface area contributed by atoms with E-state index in [2.05, 4.69) is 0 Å². The van der Waals surface area contributed by atoms with Crippen molar-refractivity contribution >= 4 is 11.9 Å². The van der Waals surface area contributed by atoms with Gasteiger partial charge in [0.25, 0.3) is 0 Å². The Kier molecular flexibility index (Phi) is 11.9. The lowest BCUT2D eigenvalue weighted by Crippen LogP contribution is -2.25. The van der Waals surface area contributed by atoms with Gasteiger partial charge in [0.05, 0.1) is 50.5 Å². The van der Waals surface area contributed by atoms with Gasteiger partial charge in [-0.3, -0.25) is 9.59 Å². The monoisotopic (exact) mass is 496 g/mol. The van der Waals surface area contributed by atoms with Crippen LogP contribution in [0.5, 0.6) is 0 Å². The van der Waals surface area contributed by atoms with E-state index in [0.717, 1.165) is 24.0 Å². The van der Waals surface area contributed by atoms with Gasteiger partial charge in [-0.1, -0.05) is 60.7 Å². The molecule has 0 bridgehead atoms. The maximum Gasteiger partial charge on any atom is 0.308 e. The summed E-state index contributed by atoms with van der Waals surface area (Å²) in [4.78, 5) is 25.3. The Balaban J connectivity index is 1.57. The normalized spacial score (nSPS) is 25.1. The summed E-state index contributed by atoms with van der Waals surface area (Å²) in [5.74, 6) is -0.465. The SMILES string of the molecule is C[C@@H]1CCC[C@H](OCc2ccccc2)CC(=O)O[C@H](C)CCC[C@H](OCc2ccccc2)CC(=O)O1. The van der Waals surface area contributed by atoms with Gasteiger partial charge in [-0.2, -0.15) is 0 Å². The molecule has 0 aromatic heterocycles. The largest absolute Gasteiger partial charge is 0.463 e. The van der Waals surface area contributed by atoms with E-state index in [-0.39, 0.29) is 49.2 Å². The molecule has 0 N–H and O–H groups in total. The summed E-state index contributed by atoms with van der Waals surface area (Å²) in [5, 5.41) is 0. The lowest BCUT2D eigenvalue weighted by molar-refractivity contribution is -0.152. The predicted octanol–water partition coefficient (Wildman–Crippen LogP) is 6.16. The highest BCUT2D eigenvalue weighted by molar-refractivity contribution is 5.70. The van der Waals surface area contributed by atoms with Crippen LogP contribution in [0, 0.1) is 0 Å². The molecule has 2 aromatic carbocycles. The lowest BCUT2D eigenvalue weighted by Gasteiger charge is -2.23. The highest BCUT2D eigenvalue weighted by Crippen LogP contribution is 2.19. The third kappa shape index (κ3) is 10.9. The van der Waals surface area contributed by atoms with Gasteiger partial charge in [-0.25, -0.2) is 0 Å². The third-order valence-corrected chi connectivity index (χ3v) is 6.38. The Labute approximate surface area is 215 Å². The van der Waals surface area contributed by atoms with Crippen molar-refractivity contribution in [2.75, 3.05) is 0 Å². The first-order chi connectivity index (χ1) is 17.5. The van der Waals surface area contributed by atoms with E-state index in [1.165, 1.54) is 0 Å². The molecule has 1 aliphatic rings. The number of hydrogen-bond donors (Lipinski definition) is 0. The lowest BCUT2D eigenvalue weighted by atomic mass is 10.0. The van der Waals surface area contributed by atoms with Gasteiger partial charge >= 0.3 is 11.9 Å². The van der Waals surface area contributed by atoms with Crippen LogP contribution < -0.4 is 0 Å². The van der Waals surface area contributed by atoms with Gasteiger partial charge in [0.15, 0.2) is 0 Å². The summed E-state index contributed by atoms with van der Waals surface area (Å²) >= 11 is 0. The standard InChI is InChI=1S/C30H40O6/c1-23-11-9-17-27(33-21-25-13-5-3-6-14-25)20-30(32)36-24(2)12-10-18-28(19-29(31)35-23)34-22-26-15-7-4-8-16-26/h3-8,13-16,23-24,27-28H,9-12,17-22H2,1-2H3/t23-,24-,27+,28+/m1/s1. The van der Waals surface area contributed by atoms with Crippen molar-refractivity contribution in [2.45, 2.75) is 103 Å². The Morgan fingerprint density at radius 1 is 0.639 bits per heavy atom. The molecule has 1 fully saturated rings. The Hall–Kier alpha value is -2.70. The van der Waals surface area contributed by atoms with Crippen LogP contribution in [0.15, 0.2) is 60.7 Å². The molecule has 6 heteroatoms. The number of benzene rings is 2. The second-order valence-electron chi connectivity index (χ2n) is 9.71. The Morgan fingerprint density at radius 2 is 1.03 bits per heavy atom. The van der Waals surface area contributed by atoms with Crippen LogP contribution in [0.4, 0.5) is 0 Å². The minimum absolute atomic E-state index is 0.207. The number of esters is 2. The van der Waals surface area contributed by atoms with Crippen molar-refractivity contribution < 1.29 is 28.5 Å². The summed E-state index contributed by atoms with van der Waals surface area (Å²) in [7, 11) is 0. The summed E-state index contributed by atoms with van der Waals surface area (Å²) in [5.41, 5.74) is 2.13. The summed E-state index contributed by atoms with van der Waals surface area (Å²) in [6.07, 6.45) is 3.91. The Bertz CT molecular complexity index is 825.